The van der Waals surface area contributed by atoms with Gasteiger partial charge >= 0.3 is 6.09 Å². The van der Waals surface area contributed by atoms with Crippen LogP contribution >= 0.6 is 0 Å². The first kappa shape index (κ1) is 25.8. The van der Waals surface area contributed by atoms with E-state index in [1.165, 1.54) is 15.9 Å². The lowest BCUT2D eigenvalue weighted by atomic mass is 9.92. The SMILES string of the molecule is C[C@H](Oc1ccc(-c2ccc(C[C@H](N)C(=O)N3CC[C@H](F)C3)c(F)c2)cn1)C1CCN(C(=O)O)CC1. The van der Waals surface area contributed by atoms with Gasteiger partial charge in [-0.05, 0) is 61.8 Å². The van der Waals surface area contributed by atoms with Crippen molar-refractivity contribution in [3.63, 3.8) is 0 Å². The second-order valence-electron chi connectivity index (χ2n) is 9.60. The number of hydrogen-bond acceptors (Lipinski definition) is 5. The lowest BCUT2D eigenvalue weighted by molar-refractivity contribution is -0.131. The number of benzene rings is 1. The summed E-state index contributed by atoms with van der Waals surface area (Å²) in [5.41, 5.74) is 7.65. The van der Waals surface area contributed by atoms with Crippen molar-refractivity contribution in [3.8, 4) is 17.0 Å². The molecular formula is C26H32F2N4O4. The first-order valence-electron chi connectivity index (χ1n) is 12.3. The monoisotopic (exact) mass is 502 g/mol. The molecule has 36 heavy (non-hydrogen) atoms. The molecule has 0 saturated carbocycles. The Hall–Kier alpha value is -3.27. The smallest absolute Gasteiger partial charge is 0.407 e. The molecule has 194 valence electrons. The van der Waals surface area contributed by atoms with E-state index < -0.39 is 24.1 Å². The molecule has 2 aromatic rings. The zero-order chi connectivity index (χ0) is 25.8. The summed E-state index contributed by atoms with van der Waals surface area (Å²) in [6.07, 6.45) is 1.40. The first-order chi connectivity index (χ1) is 17.2. The van der Waals surface area contributed by atoms with Crippen LogP contribution in [0.5, 0.6) is 5.88 Å². The Morgan fingerprint density at radius 3 is 2.42 bits per heavy atom. The minimum atomic E-state index is -1.03. The number of rotatable bonds is 7. The molecule has 3 heterocycles. The van der Waals surface area contributed by atoms with E-state index in [-0.39, 0.29) is 30.9 Å². The van der Waals surface area contributed by atoms with Crippen molar-refractivity contribution < 1.29 is 28.2 Å². The number of amides is 2. The van der Waals surface area contributed by atoms with Gasteiger partial charge in [-0.25, -0.2) is 18.6 Å². The number of carbonyl (C=O) groups excluding carboxylic acids is 1. The molecule has 2 aliphatic heterocycles. The molecule has 10 heteroatoms. The Kier molecular flexibility index (Phi) is 8.03. The summed E-state index contributed by atoms with van der Waals surface area (Å²) in [5.74, 6) is -0.140. The molecule has 8 nitrogen and oxygen atoms in total. The number of aromatic nitrogens is 1. The van der Waals surface area contributed by atoms with Crippen LogP contribution in [0.25, 0.3) is 11.1 Å². The third kappa shape index (κ3) is 6.10. The fourth-order valence-electron chi connectivity index (χ4n) is 4.84. The number of likely N-dealkylation sites (tertiary alicyclic amines) is 2. The Labute approximate surface area is 209 Å². The van der Waals surface area contributed by atoms with E-state index in [2.05, 4.69) is 4.98 Å². The Morgan fingerprint density at radius 1 is 1.14 bits per heavy atom. The minimum absolute atomic E-state index is 0.0344. The van der Waals surface area contributed by atoms with Crippen molar-refractivity contribution in [2.24, 2.45) is 11.7 Å². The van der Waals surface area contributed by atoms with Crippen molar-refractivity contribution in [1.82, 2.24) is 14.8 Å². The second kappa shape index (κ2) is 11.2. The lowest BCUT2D eigenvalue weighted by Crippen LogP contribution is -2.44. The molecule has 4 rings (SSSR count). The van der Waals surface area contributed by atoms with Crippen LogP contribution in [-0.4, -0.2) is 76.4 Å². The van der Waals surface area contributed by atoms with Gasteiger partial charge in [0.1, 0.15) is 18.1 Å². The van der Waals surface area contributed by atoms with E-state index >= 15 is 0 Å². The predicted octanol–water partition coefficient (Wildman–Crippen LogP) is 3.49. The van der Waals surface area contributed by atoms with Crippen LogP contribution in [-0.2, 0) is 11.2 Å². The molecule has 1 aromatic heterocycles. The van der Waals surface area contributed by atoms with Gasteiger partial charge in [0, 0.05) is 37.5 Å². The molecule has 0 aliphatic carbocycles. The van der Waals surface area contributed by atoms with Crippen molar-refractivity contribution in [2.45, 2.75) is 50.9 Å². The van der Waals surface area contributed by atoms with Crippen LogP contribution in [0.4, 0.5) is 13.6 Å². The summed E-state index contributed by atoms with van der Waals surface area (Å²) in [7, 11) is 0. The largest absolute Gasteiger partial charge is 0.474 e. The van der Waals surface area contributed by atoms with E-state index in [1.54, 1.807) is 30.5 Å². The number of halogens is 2. The van der Waals surface area contributed by atoms with Crippen LogP contribution in [0.1, 0.15) is 31.7 Å². The maximum absolute atomic E-state index is 14.8. The fraction of sp³-hybridized carbons (Fsp3) is 0.500. The van der Waals surface area contributed by atoms with E-state index in [4.69, 9.17) is 15.6 Å². The summed E-state index contributed by atoms with van der Waals surface area (Å²) in [4.78, 5) is 30.7. The molecule has 0 spiro atoms. The van der Waals surface area contributed by atoms with Crippen LogP contribution in [0.3, 0.4) is 0 Å². The fourth-order valence-corrected chi connectivity index (χ4v) is 4.84. The van der Waals surface area contributed by atoms with Crippen LogP contribution in [0, 0.1) is 11.7 Å². The average molecular weight is 503 g/mol. The van der Waals surface area contributed by atoms with Crippen LogP contribution < -0.4 is 10.5 Å². The third-order valence-electron chi connectivity index (χ3n) is 7.10. The van der Waals surface area contributed by atoms with Gasteiger partial charge < -0.3 is 25.4 Å². The molecule has 0 radical (unpaired) electrons. The molecule has 0 bridgehead atoms. The predicted molar refractivity (Wildman–Crippen MR) is 130 cm³/mol. The number of carboxylic acid groups (broad SMARTS) is 1. The number of nitrogens with zero attached hydrogens (tertiary/aromatic N) is 3. The standard InChI is InChI=1S/C26H32F2N4O4/c1-16(17-6-9-31(10-7-17)26(34)35)36-24-5-4-20(14-30-24)18-2-3-19(22(28)12-18)13-23(29)25(33)32-11-8-21(27)15-32/h2-5,12,14,16-17,21,23H,6-11,13,15,29H2,1H3,(H,34,35)/t16-,21-,23-/m0/s1. The zero-order valence-electron chi connectivity index (χ0n) is 20.3. The molecule has 0 unspecified atom stereocenters. The molecule has 1 aromatic carbocycles. The number of alkyl halides is 1. The van der Waals surface area contributed by atoms with Crippen molar-refractivity contribution >= 4 is 12.0 Å². The molecule has 2 saturated heterocycles. The third-order valence-corrected chi connectivity index (χ3v) is 7.10. The van der Waals surface area contributed by atoms with Gasteiger partial charge in [-0.2, -0.15) is 0 Å². The van der Waals surface area contributed by atoms with Gasteiger partial charge in [-0.3, -0.25) is 4.79 Å². The van der Waals surface area contributed by atoms with Gasteiger partial charge in [0.25, 0.3) is 0 Å². The number of nitrogens with two attached hydrogens (primary N) is 1. The van der Waals surface area contributed by atoms with E-state index in [1.807, 2.05) is 6.92 Å². The van der Waals surface area contributed by atoms with Gasteiger partial charge in [0.2, 0.25) is 11.8 Å². The van der Waals surface area contributed by atoms with Crippen molar-refractivity contribution in [2.75, 3.05) is 26.2 Å². The highest BCUT2D eigenvalue weighted by molar-refractivity contribution is 5.82. The Bertz CT molecular complexity index is 1080. The summed E-state index contributed by atoms with van der Waals surface area (Å²) in [5, 5.41) is 9.09. The van der Waals surface area contributed by atoms with Gasteiger partial charge in [0.05, 0.1) is 12.6 Å². The minimum Gasteiger partial charge on any atom is -0.474 e. The highest BCUT2D eigenvalue weighted by Gasteiger charge is 2.30. The molecule has 2 aliphatic rings. The number of pyridine rings is 1. The maximum atomic E-state index is 14.8. The quantitative estimate of drug-likeness (QED) is 0.600. The first-order valence-corrected chi connectivity index (χ1v) is 12.3. The van der Waals surface area contributed by atoms with Crippen LogP contribution in [0.2, 0.25) is 0 Å². The molecule has 3 N–H and O–H groups in total. The molecule has 2 amide bonds. The summed E-state index contributed by atoms with van der Waals surface area (Å²) in [6, 6.07) is 7.34. The number of ether oxygens (including phenoxy) is 1. The summed E-state index contributed by atoms with van der Waals surface area (Å²) >= 11 is 0. The highest BCUT2D eigenvalue weighted by atomic mass is 19.1. The zero-order valence-corrected chi connectivity index (χ0v) is 20.3. The van der Waals surface area contributed by atoms with Crippen LogP contribution in [0.15, 0.2) is 36.5 Å². The Balaban J connectivity index is 1.33. The highest BCUT2D eigenvalue weighted by Crippen LogP contribution is 2.27. The lowest BCUT2D eigenvalue weighted by Gasteiger charge is -2.33. The Morgan fingerprint density at radius 2 is 1.83 bits per heavy atom. The van der Waals surface area contributed by atoms with Crippen molar-refractivity contribution in [3.05, 3.63) is 47.9 Å². The average Bonchev–Trinajstić information content (AvgIpc) is 3.31. The number of carbonyl (C=O) groups is 2. The van der Waals surface area contributed by atoms with E-state index in [0.717, 1.165) is 12.8 Å². The number of hydrogen-bond donors (Lipinski definition) is 2. The summed E-state index contributed by atoms with van der Waals surface area (Å²) < 4.78 is 34.2. The normalized spacial score (nSPS) is 20.3. The number of piperidine rings is 1. The molecule has 3 atom stereocenters. The van der Waals surface area contributed by atoms with E-state index in [0.29, 0.717) is 48.6 Å². The second-order valence-corrected chi connectivity index (χ2v) is 9.60. The van der Waals surface area contributed by atoms with Gasteiger partial charge in [0.15, 0.2) is 0 Å². The van der Waals surface area contributed by atoms with E-state index in [9.17, 15) is 18.4 Å². The summed E-state index contributed by atoms with van der Waals surface area (Å²) in [6.45, 7) is 3.34. The maximum Gasteiger partial charge on any atom is 0.407 e. The van der Waals surface area contributed by atoms with Crippen molar-refractivity contribution in [1.29, 1.82) is 0 Å². The topological polar surface area (TPSA) is 109 Å². The van der Waals surface area contributed by atoms with Gasteiger partial charge in [-0.1, -0.05) is 12.1 Å². The molecule has 2 fully saturated rings. The van der Waals surface area contributed by atoms with Gasteiger partial charge in [-0.15, -0.1) is 0 Å². The molecular weight excluding hydrogens is 470 g/mol.